The zero-order valence-electron chi connectivity index (χ0n) is 15.4. The number of aromatic nitrogens is 3. The van der Waals surface area contributed by atoms with Gasteiger partial charge < -0.3 is 20.5 Å². The molecule has 1 aromatic carbocycles. The predicted molar refractivity (Wildman–Crippen MR) is 95.6 cm³/mol. The summed E-state index contributed by atoms with van der Waals surface area (Å²) in [7, 11) is 0. The SMILES string of the molecule is C[C@H](Nc1ccc2c(c1)OCC[n+]1[nH]c(N3C(=O)OC[C@H]3C(F)F)nc1-2)C(N)=O. The number of cyclic esters (lactones) is 1. The van der Waals surface area contributed by atoms with E-state index in [9.17, 15) is 18.4 Å². The third-order valence-electron chi connectivity index (χ3n) is 4.73. The molecule has 2 atom stereocenters. The standard InChI is InChI=1S/C17H18F2N6O4/c1-8(14(20)26)21-9-2-3-10-12(6-9)28-5-4-24-15(10)22-16(23-24)25-11(13(18)19)7-29-17(25)27/h2-3,6,8,11,13H,4-5,7H2,1H3,(H3,20,21,22,23,26)/p+1/t8-,11-/m0/s1. The van der Waals surface area contributed by atoms with Crippen LogP contribution in [0.25, 0.3) is 11.4 Å². The summed E-state index contributed by atoms with van der Waals surface area (Å²) in [6.45, 7) is 1.88. The molecule has 1 aromatic heterocycles. The number of H-pyrrole nitrogens is 1. The highest BCUT2D eigenvalue weighted by Crippen LogP contribution is 2.33. The molecule has 154 valence electrons. The van der Waals surface area contributed by atoms with Crippen molar-refractivity contribution in [3.8, 4) is 17.1 Å². The average molecular weight is 409 g/mol. The molecule has 0 spiro atoms. The summed E-state index contributed by atoms with van der Waals surface area (Å²) < 4.78 is 38.7. The van der Waals surface area contributed by atoms with Gasteiger partial charge >= 0.3 is 17.9 Å². The van der Waals surface area contributed by atoms with Crippen molar-refractivity contribution in [1.82, 2.24) is 10.1 Å². The van der Waals surface area contributed by atoms with Crippen molar-refractivity contribution < 1.29 is 32.5 Å². The van der Waals surface area contributed by atoms with E-state index in [4.69, 9.17) is 15.2 Å². The fourth-order valence-corrected chi connectivity index (χ4v) is 3.18. The highest BCUT2D eigenvalue weighted by atomic mass is 19.3. The normalized spacial score (nSPS) is 19.1. The van der Waals surface area contributed by atoms with Crippen LogP contribution in [0.2, 0.25) is 0 Å². The van der Waals surface area contributed by atoms with Crippen LogP contribution in [0.5, 0.6) is 5.75 Å². The highest BCUT2D eigenvalue weighted by molar-refractivity contribution is 5.88. The Labute approximate surface area is 163 Å². The molecular weight excluding hydrogens is 390 g/mol. The van der Waals surface area contributed by atoms with Gasteiger partial charge in [-0.2, -0.15) is 5.10 Å². The number of hydrogen-bond donors (Lipinski definition) is 3. The molecule has 2 aliphatic rings. The van der Waals surface area contributed by atoms with Crippen LogP contribution < -0.4 is 25.4 Å². The van der Waals surface area contributed by atoms with Crippen LogP contribution in [0.1, 0.15) is 6.92 Å². The summed E-state index contributed by atoms with van der Waals surface area (Å²) in [6.07, 6.45) is -3.65. The van der Waals surface area contributed by atoms with Crippen molar-refractivity contribution in [2.75, 3.05) is 23.4 Å². The minimum Gasteiger partial charge on any atom is -0.488 e. The zero-order valence-corrected chi connectivity index (χ0v) is 15.4. The number of nitrogens with one attached hydrogen (secondary N) is 2. The number of nitrogens with zero attached hydrogens (tertiary/aromatic N) is 3. The summed E-state index contributed by atoms with van der Waals surface area (Å²) in [5.74, 6) is 0.395. The Hall–Kier alpha value is -3.44. The van der Waals surface area contributed by atoms with Gasteiger partial charge in [0.25, 0.3) is 6.43 Å². The molecule has 2 aromatic rings. The largest absolute Gasteiger partial charge is 0.488 e. The molecule has 0 unspecified atom stereocenters. The van der Waals surface area contributed by atoms with Crippen LogP contribution >= 0.6 is 0 Å². The first kappa shape index (κ1) is 18.9. The number of halogens is 2. The summed E-state index contributed by atoms with van der Waals surface area (Å²) in [4.78, 5) is 28.4. The van der Waals surface area contributed by atoms with Crippen LogP contribution in [-0.2, 0) is 16.1 Å². The minimum atomic E-state index is -2.77. The molecule has 4 rings (SSSR count). The molecule has 3 heterocycles. The first-order valence-corrected chi connectivity index (χ1v) is 8.92. The van der Waals surface area contributed by atoms with E-state index in [0.717, 1.165) is 4.90 Å². The van der Waals surface area contributed by atoms with Gasteiger partial charge in [0.1, 0.15) is 43.2 Å². The van der Waals surface area contributed by atoms with Crippen molar-refractivity contribution in [3.05, 3.63) is 18.2 Å². The van der Waals surface area contributed by atoms with Crippen LogP contribution in [0.4, 0.5) is 25.2 Å². The molecule has 1 saturated heterocycles. The van der Waals surface area contributed by atoms with Crippen LogP contribution in [0.15, 0.2) is 18.2 Å². The molecule has 4 N–H and O–H groups in total. The Morgan fingerprint density at radius 1 is 1.45 bits per heavy atom. The van der Waals surface area contributed by atoms with Gasteiger partial charge in [-0.3, -0.25) is 4.79 Å². The topological polar surface area (TPSA) is 126 Å². The molecule has 0 radical (unpaired) electrons. The number of benzene rings is 1. The van der Waals surface area contributed by atoms with Crippen LogP contribution in [0.3, 0.4) is 0 Å². The number of hydrogen-bond acceptors (Lipinski definition) is 6. The molecular formula is C17H19F2N6O4+. The fourth-order valence-electron chi connectivity index (χ4n) is 3.18. The Bertz CT molecular complexity index is 965. The molecule has 0 saturated carbocycles. The average Bonchev–Trinajstić information content (AvgIpc) is 3.21. The number of fused-ring (bicyclic) bond motifs is 3. The lowest BCUT2D eigenvalue weighted by Gasteiger charge is -2.14. The first-order valence-electron chi connectivity index (χ1n) is 8.92. The number of amides is 2. The Morgan fingerprint density at radius 3 is 2.97 bits per heavy atom. The summed E-state index contributed by atoms with van der Waals surface area (Å²) in [6, 6.07) is 3.16. The quantitative estimate of drug-likeness (QED) is 0.622. The number of rotatable bonds is 5. The summed E-state index contributed by atoms with van der Waals surface area (Å²) >= 11 is 0. The number of primary amides is 1. The molecule has 29 heavy (non-hydrogen) atoms. The van der Waals surface area contributed by atoms with E-state index in [1.807, 2.05) is 0 Å². The van der Waals surface area contributed by atoms with E-state index in [2.05, 4.69) is 15.4 Å². The third kappa shape index (κ3) is 3.41. The van der Waals surface area contributed by atoms with Gasteiger partial charge in [0.05, 0.1) is 0 Å². The Morgan fingerprint density at radius 2 is 2.24 bits per heavy atom. The van der Waals surface area contributed by atoms with Gasteiger partial charge in [-0.1, -0.05) is 0 Å². The summed E-state index contributed by atoms with van der Waals surface area (Å²) in [5, 5.41) is 5.84. The Balaban J connectivity index is 1.68. The lowest BCUT2D eigenvalue weighted by Crippen LogP contribution is -2.42. The predicted octanol–water partition coefficient (Wildman–Crippen LogP) is 0.633. The molecule has 10 nitrogen and oxygen atoms in total. The smallest absolute Gasteiger partial charge is 0.419 e. The van der Waals surface area contributed by atoms with E-state index in [1.54, 1.807) is 29.8 Å². The highest BCUT2D eigenvalue weighted by Gasteiger charge is 2.45. The van der Waals surface area contributed by atoms with E-state index >= 15 is 0 Å². The van der Waals surface area contributed by atoms with Gasteiger partial charge in [0.15, 0.2) is 0 Å². The number of carbonyl (C=O) groups excluding carboxylic acids is 2. The fraction of sp³-hybridized carbons (Fsp3) is 0.412. The second-order valence-electron chi connectivity index (χ2n) is 6.70. The van der Waals surface area contributed by atoms with E-state index < -0.39 is 37.1 Å². The number of alkyl halides is 2. The lowest BCUT2D eigenvalue weighted by atomic mass is 10.1. The maximum absolute atomic E-state index is 13.3. The van der Waals surface area contributed by atoms with Gasteiger partial charge in [-0.05, 0) is 19.1 Å². The molecule has 2 aliphatic heterocycles. The number of aromatic amines is 1. The Kier molecular flexibility index (Phi) is 4.68. The number of carbonyl (C=O) groups is 2. The molecule has 0 aliphatic carbocycles. The van der Waals surface area contributed by atoms with Crippen LogP contribution in [0, 0.1) is 0 Å². The van der Waals surface area contributed by atoms with E-state index in [0.29, 0.717) is 29.4 Å². The second kappa shape index (κ2) is 7.18. The molecule has 0 bridgehead atoms. The monoisotopic (exact) mass is 409 g/mol. The van der Waals surface area contributed by atoms with Gasteiger partial charge in [-0.25, -0.2) is 18.5 Å². The van der Waals surface area contributed by atoms with Crippen molar-refractivity contribution in [2.45, 2.75) is 32.0 Å². The second-order valence-corrected chi connectivity index (χ2v) is 6.70. The number of anilines is 2. The van der Waals surface area contributed by atoms with E-state index in [1.165, 1.54) is 0 Å². The maximum atomic E-state index is 13.3. The zero-order chi connectivity index (χ0) is 20.7. The molecule has 1 fully saturated rings. The van der Waals surface area contributed by atoms with Gasteiger partial charge in [0.2, 0.25) is 5.91 Å². The van der Waals surface area contributed by atoms with Crippen molar-refractivity contribution in [2.24, 2.45) is 5.73 Å². The van der Waals surface area contributed by atoms with Crippen molar-refractivity contribution in [3.63, 3.8) is 0 Å². The van der Waals surface area contributed by atoms with E-state index in [-0.39, 0.29) is 12.6 Å². The van der Waals surface area contributed by atoms with Crippen molar-refractivity contribution >= 4 is 23.6 Å². The maximum Gasteiger partial charge on any atom is 0.419 e. The third-order valence-corrected chi connectivity index (χ3v) is 4.73. The van der Waals surface area contributed by atoms with Gasteiger partial charge in [-0.15, -0.1) is 4.68 Å². The number of nitrogens with two attached hydrogens (primary N) is 1. The molecule has 2 amide bonds. The molecule has 12 heteroatoms. The number of ether oxygens (including phenoxy) is 2. The van der Waals surface area contributed by atoms with Crippen molar-refractivity contribution in [1.29, 1.82) is 0 Å². The van der Waals surface area contributed by atoms with Gasteiger partial charge in [0, 0.05) is 16.7 Å². The summed E-state index contributed by atoms with van der Waals surface area (Å²) in [5.41, 5.74) is 6.50. The first-order chi connectivity index (χ1) is 13.8. The van der Waals surface area contributed by atoms with Crippen LogP contribution in [-0.4, -0.2) is 53.8 Å². The minimum absolute atomic E-state index is 0.0230. The lowest BCUT2D eigenvalue weighted by molar-refractivity contribution is -0.739.